The number of rotatable bonds is 1. The van der Waals surface area contributed by atoms with Gasteiger partial charge in [0, 0.05) is 10.9 Å². The van der Waals surface area contributed by atoms with E-state index in [4.69, 9.17) is 9.52 Å². The van der Waals surface area contributed by atoms with Crippen molar-refractivity contribution in [2.75, 3.05) is 0 Å². The van der Waals surface area contributed by atoms with Gasteiger partial charge in [0.1, 0.15) is 0 Å². The van der Waals surface area contributed by atoms with E-state index in [0.717, 1.165) is 0 Å². The number of hydrogen-bond donors (Lipinski definition) is 1. The molecule has 0 radical (unpaired) electrons. The lowest BCUT2D eigenvalue weighted by Crippen LogP contribution is -1.79. The largest absolute Gasteiger partial charge is 0.461 e. The molecule has 2 nitrogen and oxygen atoms in total. The highest BCUT2D eigenvalue weighted by Gasteiger charge is 2.07. The van der Waals surface area contributed by atoms with Gasteiger partial charge < -0.3 is 9.52 Å². The van der Waals surface area contributed by atoms with Crippen LogP contribution in [0.25, 0.3) is 11.0 Å². The second kappa shape index (κ2) is 2.60. The molecule has 0 spiro atoms. The summed E-state index contributed by atoms with van der Waals surface area (Å²) in [6.07, 6.45) is 1.37. The van der Waals surface area contributed by atoms with Crippen LogP contribution in [-0.2, 0) is 6.61 Å². The van der Waals surface area contributed by atoms with Gasteiger partial charge in [-0.1, -0.05) is 12.1 Å². The van der Waals surface area contributed by atoms with Crippen LogP contribution in [0.5, 0.6) is 0 Å². The molecule has 1 aromatic carbocycles. The molecule has 2 aromatic rings. The Morgan fingerprint density at radius 2 is 2.25 bits per heavy atom. The minimum Gasteiger partial charge on any atom is -0.461 e. The summed E-state index contributed by atoms with van der Waals surface area (Å²) in [7, 11) is 0. The second-order valence-electron chi connectivity index (χ2n) is 2.54. The lowest BCUT2D eigenvalue weighted by Gasteiger charge is -1.90. The predicted octanol–water partition coefficient (Wildman–Crippen LogP) is 2.06. The van der Waals surface area contributed by atoms with Crippen LogP contribution >= 0.6 is 0 Å². The van der Waals surface area contributed by atoms with Crippen LogP contribution in [0.4, 0.5) is 4.39 Å². The van der Waals surface area contributed by atoms with Crippen molar-refractivity contribution in [2.24, 2.45) is 0 Å². The maximum Gasteiger partial charge on any atom is 0.169 e. The van der Waals surface area contributed by atoms with Crippen LogP contribution in [-0.4, -0.2) is 5.11 Å². The lowest BCUT2D eigenvalue weighted by atomic mass is 10.2. The molecule has 0 amide bonds. The zero-order valence-electron chi connectivity index (χ0n) is 6.25. The summed E-state index contributed by atoms with van der Waals surface area (Å²) in [5.74, 6) is -0.396. The van der Waals surface area contributed by atoms with Gasteiger partial charge in [-0.25, -0.2) is 4.39 Å². The van der Waals surface area contributed by atoms with Crippen LogP contribution < -0.4 is 0 Å². The first kappa shape index (κ1) is 7.31. The van der Waals surface area contributed by atoms with Crippen molar-refractivity contribution in [3.05, 3.63) is 35.8 Å². The Hall–Kier alpha value is -1.35. The number of furan rings is 1. The predicted molar refractivity (Wildman–Crippen MR) is 42.1 cm³/mol. The number of aliphatic hydroxyl groups excluding tert-OH is 1. The van der Waals surface area contributed by atoms with Gasteiger partial charge in [-0.3, -0.25) is 0 Å². The summed E-state index contributed by atoms with van der Waals surface area (Å²) in [6, 6.07) is 4.63. The molecule has 0 unspecified atom stereocenters. The first-order valence-electron chi connectivity index (χ1n) is 3.58. The molecule has 2 rings (SSSR count). The normalized spacial score (nSPS) is 10.8. The van der Waals surface area contributed by atoms with E-state index in [1.54, 1.807) is 12.1 Å². The summed E-state index contributed by atoms with van der Waals surface area (Å²) in [4.78, 5) is 0. The van der Waals surface area contributed by atoms with Gasteiger partial charge >= 0.3 is 0 Å². The van der Waals surface area contributed by atoms with Gasteiger partial charge in [0.15, 0.2) is 11.4 Å². The molecule has 1 N–H and O–H groups in total. The average molecular weight is 166 g/mol. The van der Waals surface area contributed by atoms with Gasteiger partial charge in [0.25, 0.3) is 0 Å². The van der Waals surface area contributed by atoms with E-state index in [-0.39, 0.29) is 12.2 Å². The molecule has 1 heterocycles. The summed E-state index contributed by atoms with van der Waals surface area (Å²) < 4.78 is 17.9. The first-order valence-corrected chi connectivity index (χ1v) is 3.58. The third-order valence-corrected chi connectivity index (χ3v) is 1.80. The molecule has 0 atom stereocenters. The minimum atomic E-state index is -0.396. The third-order valence-electron chi connectivity index (χ3n) is 1.80. The van der Waals surface area contributed by atoms with Crippen LogP contribution in [0.1, 0.15) is 5.56 Å². The number of hydrogen-bond acceptors (Lipinski definition) is 2. The Bertz CT molecular complexity index is 406. The van der Waals surface area contributed by atoms with E-state index in [0.29, 0.717) is 10.9 Å². The van der Waals surface area contributed by atoms with E-state index in [2.05, 4.69) is 0 Å². The fourth-order valence-corrected chi connectivity index (χ4v) is 1.20. The van der Waals surface area contributed by atoms with Gasteiger partial charge in [0.05, 0.1) is 12.9 Å². The SMILES string of the molecule is OCc1coc2c(F)cccc12. The van der Waals surface area contributed by atoms with E-state index in [1.165, 1.54) is 12.3 Å². The minimum absolute atomic E-state index is 0.129. The lowest BCUT2D eigenvalue weighted by molar-refractivity contribution is 0.281. The highest BCUT2D eigenvalue weighted by Crippen LogP contribution is 2.23. The van der Waals surface area contributed by atoms with Crippen molar-refractivity contribution in [3.63, 3.8) is 0 Å². The Morgan fingerprint density at radius 3 is 3.00 bits per heavy atom. The average Bonchev–Trinajstić information content (AvgIpc) is 2.49. The fraction of sp³-hybridized carbons (Fsp3) is 0.111. The Morgan fingerprint density at radius 1 is 1.42 bits per heavy atom. The number of benzene rings is 1. The first-order chi connectivity index (χ1) is 5.83. The Labute approximate surface area is 68.2 Å². The molecule has 0 aliphatic rings. The summed E-state index contributed by atoms with van der Waals surface area (Å²) in [5, 5.41) is 9.47. The summed E-state index contributed by atoms with van der Waals surface area (Å²) in [6.45, 7) is -0.129. The summed E-state index contributed by atoms with van der Waals surface area (Å²) in [5.41, 5.74) is 0.825. The molecule has 3 heteroatoms. The molecule has 0 saturated heterocycles. The third kappa shape index (κ3) is 0.905. The fourth-order valence-electron chi connectivity index (χ4n) is 1.20. The van der Waals surface area contributed by atoms with Crippen molar-refractivity contribution in [3.8, 4) is 0 Å². The Kier molecular flexibility index (Phi) is 1.59. The van der Waals surface area contributed by atoms with E-state index in [1.807, 2.05) is 0 Å². The quantitative estimate of drug-likeness (QED) is 0.703. The number of para-hydroxylation sites is 1. The van der Waals surface area contributed by atoms with E-state index < -0.39 is 5.82 Å². The van der Waals surface area contributed by atoms with Crippen molar-refractivity contribution in [1.82, 2.24) is 0 Å². The molecule has 0 fully saturated rings. The molecule has 0 aliphatic heterocycles. The van der Waals surface area contributed by atoms with Crippen molar-refractivity contribution in [2.45, 2.75) is 6.61 Å². The maximum absolute atomic E-state index is 13.0. The maximum atomic E-state index is 13.0. The van der Waals surface area contributed by atoms with Gasteiger partial charge in [-0.05, 0) is 6.07 Å². The van der Waals surface area contributed by atoms with Gasteiger partial charge in [0.2, 0.25) is 0 Å². The summed E-state index contributed by atoms with van der Waals surface area (Å²) >= 11 is 0. The van der Waals surface area contributed by atoms with Crippen molar-refractivity contribution >= 4 is 11.0 Å². The van der Waals surface area contributed by atoms with Crippen LogP contribution in [0.15, 0.2) is 28.9 Å². The standard InChI is InChI=1S/C9H7FO2/c10-8-3-1-2-7-6(4-11)5-12-9(7)8/h1-3,5,11H,4H2. The van der Waals surface area contributed by atoms with Crippen molar-refractivity contribution < 1.29 is 13.9 Å². The molecule has 1 aromatic heterocycles. The molecule has 12 heavy (non-hydrogen) atoms. The monoisotopic (exact) mass is 166 g/mol. The van der Waals surface area contributed by atoms with Crippen molar-refractivity contribution in [1.29, 1.82) is 0 Å². The smallest absolute Gasteiger partial charge is 0.169 e. The molecule has 0 saturated carbocycles. The number of fused-ring (bicyclic) bond motifs is 1. The van der Waals surface area contributed by atoms with Crippen LogP contribution in [0, 0.1) is 5.82 Å². The number of aliphatic hydroxyl groups is 1. The van der Waals surface area contributed by atoms with E-state index in [9.17, 15) is 4.39 Å². The topological polar surface area (TPSA) is 33.4 Å². The molecular weight excluding hydrogens is 159 g/mol. The Balaban J connectivity index is 2.80. The molecule has 0 aliphatic carbocycles. The zero-order valence-corrected chi connectivity index (χ0v) is 6.25. The van der Waals surface area contributed by atoms with Gasteiger partial charge in [-0.2, -0.15) is 0 Å². The molecular formula is C9H7FO2. The van der Waals surface area contributed by atoms with Crippen LogP contribution in [0.2, 0.25) is 0 Å². The van der Waals surface area contributed by atoms with Gasteiger partial charge in [-0.15, -0.1) is 0 Å². The number of halogens is 1. The molecule has 62 valence electrons. The van der Waals surface area contributed by atoms with Crippen LogP contribution in [0.3, 0.4) is 0 Å². The highest BCUT2D eigenvalue weighted by atomic mass is 19.1. The van der Waals surface area contributed by atoms with E-state index >= 15 is 0 Å². The second-order valence-corrected chi connectivity index (χ2v) is 2.54. The molecule has 0 bridgehead atoms. The zero-order chi connectivity index (χ0) is 8.55. The highest BCUT2D eigenvalue weighted by molar-refractivity contribution is 5.81.